The standard InChI is InChI=1S/C6H8O4/c1-2(7)3-4-5(9-4)6(8)10-3/h2-5,7H,1H3/t2-,3-,4+,5+/m0/s1. The molecule has 0 saturated carbocycles. The highest BCUT2D eigenvalue weighted by atomic mass is 16.7. The summed E-state index contributed by atoms with van der Waals surface area (Å²) in [6, 6.07) is 0. The van der Waals surface area contributed by atoms with E-state index >= 15 is 0 Å². The first-order valence-electron chi connectivity index (χ1n) is 3.24. The van der Waals surface area contributed by atoms with E-state index in [2.05, 4.69) is 0 Å². The molecule has 4 heteroatoms. The van der Waals surface area contributed by atoms with Gasteiger partial charge in [-0.3, -0.25) is 0 Å². The van der Waals surface area contributed by atoms with Crippen LogP contribution in [0.5, 0.6) is 0 Å². The van der Waals surface area contributed by atoms with Crippen LogP contribution in [0.3, 0.4) is 0 Å². The Morgan fingerprint density at radius 3 is 2.60 bits per heavy atom. The Morgan fingerprint density at radius 1 is 1.70 bits per heavy atom. The van der Waals surface area contributed by atoms with Crippen LogP contribution in [0.4, 0.5) is 0 Å². The summed E-state index contributed by atoms with van der Waals surface area (Å²) in [7, 11) is 0. The van der Waals surface area contributed by atoms with Crippen molar-refractivity contribution in [3.63, 3.8) is 0 Å². The van der Waals surface area contributed by atoms with Crippen LogP contribution in [-0.4, -0.2) is 35.5 Å². The number of cyclic esters (lactones) is 1. The molecule has 2 fully saturated rings. The average molecular weight is 144 g/mol. The number of epoxide rings is 1. The maximum Gasteiger partial charge on any atom is 0.338 e. The summed E-state index contributed by atoms with van der Waals surface area (Å²) < 4.78 is 9.68. The SMILES string of the molecule is C[C@H](O)[C@@H]1OC(=O)[C@@H]2O[C@H]12. The topological polar surface area (TPSA) is 59.1 Å². The number of ether oxygens (including phenoxy) is 2. The molecule has 2 aliphatic rings. The van der Waals surface area contributed by atoms with Crippen LogP contribution in [0.15, 0.2) is 0 Å². The van der Waals surface area contributed by atoms with E-state index in [9.17, 15) is 4.79 Å². The van der Waals surface area contributed by atoms with Crippen molar-refractivity contribution < 1.29 is 19.4 Å². The van der Waals surface area contributed by atoms with Crippen LogP contribution in [0.1, 0.15) is 6.92 Å². The van der Waals surface area contributed by atoms with Gasteiger partial charge in [0.15, 0.2) is 12.2 Å². The van der Waals surface area contributed by atoms with E-state index in [4.69, 9.17) is 14.6 Å². The third-order valence-corrected chi connectivity index (χ3v) is 1.81. The lowest BCUT2D eigenvalue weighted by molar-refractivity contribution is -0.154. The molecule has 0 amide bonds. The maximum absolute atomic E-state index is 10.7. The van der Waals surface area contributed by atoms with Gasteiger partial charge in [-0.25, -0.2) is 4.79 Å². The molecule has 4 atom stereocenters. The van der Waals surface area contributed by atoms with Gasteiger partial charge < -0.3 is 14.6 Å². The molecule has 2 rings (SSSR count). The van der Waals surface area contributed by atoms with E-state index < -0.39 is 12.2 Å². The molecule has 0 aromatic heterocycles. The van der Waals surface area contributed by atoms with Crippen molar-refractivity contribution in [1.82, 2.24) is 0 Å². The number of carbonyl (C=O) groups is 1. The van der Waals surface area contributed by atoms with Gasteiger partial charge >= 0.3 is 5.97 Å². The van der Waals surface area contributed by atoms with Crippen LogP contribution in [0.2, 0.25) is 0 Å². The quantitative estimate of drug-likeness (QED) is 0.381. The highest BCUT2D eigenvalue weighted by Gasteiger charge is 2.60. The molecule has 0 radical (unpaired) electrons. The summed E-state index contributed by atoms with van der Waals surface area (Å²) in [5.41, 5.74) is 0. The Bertz CT molecular complexity index is 177. The summed E-state index contributed by atoms with van der Waals surface area (Å²) in [6.45, 7) is 1.59. The molecule has 1 N–H and O–H groups in total. The number of fused-ring (bicyclic) bond motifs is 1. The zero-order valence-electron chi connectivity index (χ0n) is 5.48. The molecule has 2 saturated heterocycles. The average Bonchev–Trinajstić information content (AvgIpc) is 2.55. The molecule has 2 heterocycles. The number of aliphatic hydroxyl groups is 1. The van der Waals surface area contributed by atoms with Crippen molar-refractivity contribution in [2.45, 2.75) is 31.3 Å². The highest BCUT2D eigenvalue weighted by molar-refractivity contribution is 5.81. The van der Waals surface area contributed by atoms with Gasteiger partial charge in [-0.2, -0.15) is 0 Å². The van der Waals surface area contributed by atoms with E-state index in [1.54, 1.807) is 6.92 Å². The predicted octanol–water partition coefficient (Wildman–Crippen LogP) is -0.940. The minimum atomic E-state index is -0.624. The number of hydrogen-bond donors (Lipinski definition) is 1. The molecule has 0 spiro atoms. The van der Waals surface area contributed by atoms with Gasteiger partial charge in [-0.1, -0.05) is 0 Å². The van der Waals surface area contributed by atoms with E-state index in [0.717, 1.165) is 0 Å². The van der Waals surface area contributed by atoms with Gasteiger partial charge in [0, 0.05) is 0 Å². The van der Waals surface area contributed by atoms with Crippen molar-refractivity contribution in [1.29, 1.82) is 0 Å². The molecule has 0 aromatic carbocycles. The third kappa shape index (κ3) is 0.660. The number of esters is 1. The fourth-order valence-electron chi connectivity index (χ4n) is 1.20. The molecule has 0 bridgehead atoms. The van der Waals surface area contributed by atoms with Crippen molar-refractivity contribution >= 4 is 5.97 Å². The molecule has 4 nitrogen and oxygen atoms in total. The fraction of sp³-hybridized carbons (Fsp3) is 0.833. The second-order valence-corrected chi connectivity index (χ2v) is 2.66. The molecule has 56 valence electrons. The number of hydrogen-bond acceptors (Lipinski definition) is 4. The van der Waals surface area contributed by atoms with Crippen molar-refractivity contribution in [2.24, 2.45) is 0 Å². The second-order valence-electron chi connectivity index (χ2n) is 2.66. The normalized spacial score (nSPS) is 46.2. The Balaban J connectivity index is 2.08. The lowest BCUT2D eigenvalue weighted by Gasteiger charge is -2.13. The summed E-state index contributed by atoms with van der Waals surface area (Å²) in [6.07, 6.45) is -1.61. The first kappa shape index (κ1) is 6.12. The minimum Gasteiger partial charge on any atom is -0.455 e. The lowest BCUT2D eigenvalue weighted by Crippen LogP contribution is -2.28. The molecule has 10 heavy (non-hydrogen) atoms. The minimum absolute atomic E-state index is 0.174. The van der Waals surface area contributed by atoms with Gasteiger partial charge in [-0.15, -0.1) is 0 Å². The zero-order valence-corrected chi connectivity index (χ0v) is 5.48. The Labute approximate surface area is 57.7 Å². The Hall–Kier alpha value is -0.610. The van der Waals surface area contributed by atoms with Crippen molar-refractivity contribution in [3.8, 4) is 0 Å². The van der Waals surface area contributed by atoms with Gasteiger partial charge in [-0.05, 0) is 6.92 Å². The monoisotopic (exact) mass is 144 g/mol. The van der Waals surface area contributed by atoms with E-state index in [1.165, 1.54) is 0 Å². The van der Waals surface area contributed by atoms with Crippen LogP contribution in [0, 0.1) is 0 Å². The number of rotatable bonds is 1. The predicted molar refractivity (Wildman–Crippen MR) is 30.2 cm³/mol. The molecular formula is C6H8O4. The van der Waals surface area contributed by atoms with Crippen LogP contribution >= 0.6 is 0 Å². The third-order valence-electron chi connectivity index (χ3n) is 1.81. The molecule has 2 aliphatic heterocycles. The van der Waals surface area contributed by atoms with E-state index in [1.807, 2.05) is 0 Å². The molecule has 0 unspecified atom stereocenters. The van der Waals surface area contributed by atoms with Gasteiger partial charge in [0.1, 0.15) is 6.10 Å². The first-order chi connectivity index (χ1) is 4.70. The van der Waals surface area contributed by atoms with E-state index in [-0.39, 0.29) is 18.2 Å². The van der Waals surface area contributed by atoms with Gasteiger partial charge in [0.25, 0.3) is 0 Å². The summed E-state index contributed by atoms with van der Waals surface area (Å²) in [5, 5.41) is 9.01. The second kappa shape index (κ2) is 1.71. The Kier molecular flexibility index (Phi) is 1.04. The largest absolute Gasteiger partial charge is 0.455 e. The molecule has 0 aliphatic carbocycles. The van der Waals surface area contributed by atoms with E-state index in [0.29, 0.717) is 0 Å². The smallest absolute Gasteiger partial charge is 0.338 e. The molecule has 0 aromatic rings. The first-order valence-corrected chi connectivity index (χ1v) is 3.24. The summed E-state index contributed by atoms with van der Waals surface area (Å²) >= 11 is 0. The van der Waals surface area contributed by atoms with Crippen LogP contribution in [0.25, 0.3) is 0 Å². The number of carbonyl (C=O) groups excluding carboxylic acids is 1. The lowest BCUT2D eigenvalue weighted by atomic mass is 10.1. The summed E-state index contributed by atoms with van der Waals surface area (Å²) in [4.78, 5) is 10.7. The van der Waals surface area contributed by atoms with Crippen molar-refractivity contribution in [2.75, 3.05) is 0 Å². The summed E-state index contributed by atoms with van der Waals surface area (Å²) in [5.74, 6) is -0.337. The zero-order chi connectivity index (χ0) is 7.30. The van der Waals surface area contributed by atoms with Gasteiger partial charge in [0.05, 0.1) is 6.10 Å². The maximum atomic E-state index is 10.7. The highest BCUT2D eigenvalue weighted by Crippen LogP contribution is 2.36. The van der Waals surface area contributed by atoms with Crippen LogP contribution in [-0.2, 0) is 14.3 Å². The fourth-order valence-corrected chi connectivity index (χ4v) is 1.20. The number of aliphatic hydroxyl groups excluding tert-OH is 1. The Morgan fingerprint density at radius 2 is 2.40 bits per heavy atom. The van der Waals surface area contributed by atoms with Crippen molar-refractivity contribution in [3.05, 3.63) is 0 Å². The van der Waals surface area contributed by atoms with Gasteiger partial charge in [0.2, 0.25) is 0 Å². The van der Waals surface area contributed by atoms with Crippen LogP contribution < -0.4 is 0 Å². The molecular weight excluding hydrogens is 136 g/mol.